The zero-order chi connectivity index (χ0) is 14.3. The summed E-state index contributed by atoms with van der Waals surface area (Å²) < 4.78 is 10.6. The number of nitrogens with zero attached hydrogens (tertiary/aromatic N) is 1. The first-order valence-corrected chi connectivity index (χ1v) is 5.77. The van der Waals surface area contributed by atoms with Gasteiger partial charge in [-0.05, 0) is 24.1 Å². The van der Waals surface area contributed by atoms with E-state index in [-0.39, 0.29) is 5.91 Å². The molecule has 1 N–H and O–H groups in total. The molecule has 1 amide bonds. The molecule has 0 aliphatic carbocycles. The van der Waals surface area contributed by atoms with E-state index in [0.717, 1.165) is 11.1 Å². The molecule has 0 radical (unpaired) electrons. The number of allylic oxidation sites excluding steroid dienone is 1. The van der Waals surface area contributed by atoms with Crippen molar-refractivity contribution >= 4 is 12.1 Å². The minimum atomic E-state index is -0.219. The smallest absolute Gasteiger partial charge is 0.236 e. The third-order valence-electron chi connectivity index (χ3n) is 2.38. The lowest BCUT2D eigenvalue weighted by atomic mass is 10.1. The number of hydrogen-bond acceptors (Lipinski definition) is 4. The second-order valence-corrected chi connectivity index (χ2v) is 3.83. The molecule has 1 aromatic rings. The molecule has 0 heterocycles. The highest BCUT2D eigenvalue weighted by atomic mass is 16.5. The van der Waals surface area contributed by atoms with Crippen LogP contribution in [0.15, 0.2) is 29.9 Å². The van der Waals surface area contributed by atoms with E-state index in [0.29, 0.717) is 17.9 Å². The van der Waals surface area contributed by atoms with Crippen LogP contribution in [0, 0.1) is 0 Å². The van der Waals surface area contributed by atoms with Crippen LogP contribution in [-0.4, -0.2) is 26.3 Å². The summed E-state index contributed by atoms with van der Waals surface area (Å²) in [4.78, 5) is 10.7. The van der Waals surface area contributed by atoms with E-state index >= 15 is 0 Å². The highest BCUT2D eigenvalue weighted by Crippen LogP contribution is 2.32. The largest absolute Gasteiger partial charge is 0.493 e. The van der Waals surface area contributed by atoms with Gasteiger partial charge in [0.1, 0.15) is 0 Å². The third kappa shape index (κ3) is 4.13. The number of methoxy groups -OCH3 is 2. The lowest BCUT2D eigenvalue weighted by Gasteiger charge is -2.12. The maximum absolute atomic E-state index is 10.7. The molecule has 1 aromatic carbocycles. The number of nitrogens with one attached hydrogen (secondary N) is 1. The highest BCUT2D eigenvalue weighted by Gasteiger charge is 2.10. The number of amides is 1. The van der Waals surface area contributed by atoms with E-state index in [1.54, 1.807) is 32.6 Å². The van der Waals surface area contributed by atoms with Crippen molar-refractivity contribution in [3.05, 3.63) is 35.9 Å². The van der Waals surface area contributed by atoms with Gasteiger partial charge in [0.25, 0.3) is 0 Å². The monoisotopic (exact) mass is 262 g/mol. The molecule has 0 spiro atoms. The van der Waals surface area contributed by atoms with Crippen LogP contribution >= 0.6 is 0 Å². The fourth-order valence-electron chi connectivity index (χ4n) is 1.65. The van der Waals surface area contributed by atoms with Crippen LogP contribution in [0.3, 0.4) is 0 Å². The van der Waals surface area contributed by atoms with Crippen molar-refractivity contribution in [2.75, 3.05) is 14.2 Å². The van der Waals surface area contributed by atoms with Crippen LogP contribution in [0.1, 0.15) is 18.1 Å². The molecule has 0 bridgehead atoms. The number of hydrazone groups is 1. The van der Waals surface area contributed by atoms with E-state index in [1.165, 1.54) is 6.92 Å². The Labute approximate surface area is 112 Å². The average molecular weight is 262 g/mol. The van der Waals surface area contributed by atoms with Crippen LogP contribution in [0.5, 0.6) is 11.5 Å². The van der Waals surface area contributed by atoms with Gasteiger partial charge in [0.05, 0.1) is 20.4 Å². The van der Waals surface area contributed by atoms with Crippen LogP contribution in [0.2, 0.25) is 0 Å². The molecule has 0 aromatic heterocycles. The van der Waals surface area contributed by atoms with Crippen LogP contribution < -0.4 is 14.9 Å². The zero-order valence-electron chi connectivity index (χ0n) is 11.4. The molecular formula is C14H18N2O3. The summed E-state index contributed by atoms with van der Waals surface area (Å²) in [7, 11) is 3.17. The summed E-state index contributed by atoms with van der Waals surface area (Å²) in [5.41, 5.74) is 4.10. The van der Waals surface area contributed by atoms with E-state index in [4.69, 9.17) is 9.47 Å². The number of carbonyl (C=O) groups excluding carboxylic acids is 1. The lowest BCUT2D eigenvalue weighted by molar-refractivity contribution is -0.118. The molecule has 1 rings (SSSR count). The topological polar surface area (TPSA) is 59.9 Å². The van der Waals surface area contributed by atoms with E-state index in [1.807, 2.05) is 6.07 Å². The summed E-state index contributed by atoms with van der Waals surface area (Å²) in [6, 6.07) is 3.70. The molecule has 0 fully saturated rings. The predicted molar refractivity (Wildman–Crippen MR) is 74.9 cm³/mol. The van der Waals surface area contributed by atoms with Gasteiger partial charge in [0.15, 0.2) is 11.5 Å². The van der Waals surface area contributed by atoms with Gasteiger partial charge in [-0.1, -0.05) is 6.08 Å². The van der Waals surface area contributed by atoms with Crippen LogP contribution in [-0.2, 0) is 11.2 Å². The summed E-state index contributed by atoms with van der Waals surface area (Å²) in [5, 5.41) is 3.83. The first-order chi connectivity index (χ1) is 9.12. The van der Waals surface area contributed by atoms with Gasteiger partial charge in [-0.2, -0.15) is 5.10 Å². The quantitative estimate of drug-likeness (QED) is 0.484. The van der Waals surface area contributed by atoms with Gasteiger partial charge >= 0.3 is 0 Å². The Morgan fingerprint density at radius 3 is 2.68 bits per heavy atom. The molecule has 0 unspecified atom stereocenters. The van der Waals surface area contributed by atoms with Crippen molar-refractivity contribution in [3.63, 3.8) is 0 Å². The predicted octanol–water partition coefficient (Wildman–Crippen LogP) is 1.90. The second-order valence-electron chi connectivity index (χ2n) is 3.83. The van der Waals surface area contributed by atoms with Gasteiger partial charge in [0, 0.05) is 12.5 Å². The molecule has 0 saturated carbocycles. The van der Waals surface area contributed by atoms with Crippen LogP contribution in [0.4, 0.5) is 0 Å². The average Bonchev–Trinajstić information content (AvgIpc) is 2.38. The van der Waals surface area contributed by atoms with Crippen molar-refractivity contribution in [1.82, 2.24) is 5.43 Å². The van der Waals surface area contributed by atoms with Crippen molar-refractivity contribution in [2.45, 2.75) is 13.3 Å². The minimum absolute atomic E-state index is 0.219. The van der Waals surface area contributed by atoms with Crippen molar-refractivity contribution < 1.29 is 14.3 Å². The number of carbonyl (C=O) groups is 1. The van der Waals surface area contributed by atoms with Gasteiger partial charge in [0.2, 0.25) is 5.91 Å². The molecule has 0 aliphatic rings. The Bertz CT molecular complexity index is 496. The van der Waals surface area contributed by atoms with Gasteiger partial charge in [-0.25, -0.2) is 5.43 Å². The Balaban J connectivity index is 3.12. The Morgan fingerprint density at radius 1 is 1.42 bits per heavy atom. The summed E-state index contributed by atoms with van der Waals surface area (Å²) in [6.45, 7) is 5.11. The van der Waals surface area contributed by atoms with E-state index < -0.39 is 0 Å². The number of rotatable bonds is 6. The van der Waals surface area contributed by atoms with Crippen molar-refractivity contribution in [2.24, 2.45) is 5.10 Å². The Hall–Kier alpha value is -2.30. The standard InChI is InChI=1S/C14H18N2O3/c1-5-6-12-7-11(9-15-16-10(2)17)8-13(18-3)14(12)19-4/h5,7-9H,1,6H2,2-4H3,(H,16,17)/b15-9-. The highest BCUT2D eigenvalue weighted by molar-refractivity contribution is 5.83. The molecule has 102 valence electrons. The second kappa shape index (κ2) is 7.20. The number of hydrogen-bond donors (Lipinski definition) is 1. The first-order valence-electron chi connectivity index (χ1n) is 5.77. The van der Waals surface area contributed by atoms with Gasteiger partial charge < -0.3 is 9.47 Å². The normalized spacial score (nSPS) is 10.3. The SMILES string of the molecule is C=CCc1cc(/C=N\NC(C)=O)cc(OC)c1OC. The number of ether oxygens (including phenoxy) is 2. The third-order valence-corrected chi connectivity index (χ3v) is 2.38. The fraction of sp³-hybridized carbons (Fsp3) is 0.286. The van der Waals surface area contributed by atoms with Gasteiger partial charge in [-0.3, -0.25) is 4.79 Å². The first kappa shape index (κ1) is 14.8. The fourth-order valence-corrected chi connectivity index (χ4v) is 1.65. The maximum Gasteiger partial charge on any atom is 0.236 e. The molecule has 19 heavy (non-hydrogen) atoms. The minimum Gasteiger partial charge on any atom is -0.493 e. The van der Waals surface area contributed by atoms with Crippen LogP contribution in [0.25, 0.3) is 0 Å². The summed E-state index contributed by atoms with van der Waals surface area (Å²) in [5.74, 6) is 1.08. The van der Waals surface area contributed by atoms with E-state index in [9.17, 15) is 4.79 Å². The lowest BCUT2D eigenvalue weighted by Crippen LogP contribution is -2.12. The Morgan fingerprint density at radius 2 is 2.16 bits per heavy atom. The zero-order valence-corrected chi connectivity index (χ0v) is 11.4. The maximum atomic E-state index is 10.7. The number of benzene rings is 1. The Kier molecular flexibility index (Phi) is 5.60. The van der Waals surface area contributed by atoms with E-state index in [2.05, 4.69) is 17.1 Å². The molecule has 0 aliphatic heterocycles. The van der Waals surface area contributed by atoms with Crippen molar-refractivity contribution in [3.8, 4) is 11.5 Å². The van der Waals surface area contributed by atoms with Crippen molar-refractivity contribution in [1.29, 1.82) is 0 Å². The van der Waals surface area contributed by atoms with Gasteiger partial charge in [-0.15, -0.1) is 6.58 Å². The summed E-state index contributed by atoms with van der Waals surface area (Å²) in [6.07, 6.45) is 3.99. The molecule has 5 heteroatoms. The molecular weight excluding hydrogens is 244 g/mol. The molecule has 0 saturated heterocycles. The molecule has 5 nitrogen and oxygen atoms in total. The summed E-state index contributed by atoms with van der Waals surface area (Å²) >= 11 is 0. The molecule has 0 atom stereocenters.